The van der Waals surface area contributed by atoms with E-state index in [1.165, 1.54) is 16.7 Å². The summed E-state index contributed by atoms with van der Waals surface area (Å²) in [7, 11) is 0. The zero-order valence-electron chi connectivity index (χ0n) is 18.3. The SMILES string of the molecule is O=C(O)C1CN(C(=O)c2ccc(CN3CCc4ccccc4C3)cc2)CC12CCOCC2. The summed E-state index contributed by atoms with van der Waals surface area (Å²) in [4.78, 5) is 29.3. The topological polar surface area (TPSA) is 70.1 Å². The molecule has 6 nitrogen and oxygen atoms in total. The van der Waals surface area contributed by atoms with Crippen LogP contribution in [0.1, 0.15) is 39.9 Å². The Kier molecular flexibility index (Phi) is 5.74. The lowest BCUT2D eigenvalue weighted by molar-refractivity contribution is -0.146. The van der Waals surface area contributed by atoms with Crippen LogP contribution in [0.5, 0.6) is 0 Å². The van der Waals surface area contributed by atoms with Gasteiger partial charge in [-0.05, 0) is 48.1 Å². The molecule has 0 radical (unpaired) electrons. The third-order valence-electron chi connectivity index (χ3n) is 7.54. The number of ether oxygens (including phenoxy) is 1. The number of carboxylic acid groups (broad SMARTS) is 1. The zero-order valence-corrected chi connectivity index (χ0v) is 18.3. The van der Waals surface area contributed by atoms with E-state index in [9.17, 15) is 14.7 Å². The van der Waals surface area contributed by atoms with Crippen LogP contribution in [-0.4, -0.2) is 59.6 Å². The molecule has 3 aliphatic rings. The number of carbonyl (C=O) groups is 2. The number of likely N-dealkylation sites (tertiary alicyclic amines) is 1. The molecule has 32 heavy (non-hydrogen) atoms. The number of nitrogens with zero attached hydrogens (tertiary/aromatic N) is 2. The fraction of sp³-hybridized carbons (Fsp3) is 0.462. The average Bonchev–Trinajstić information content (AvgIpc) is 3.18. The molecule has 2 fully saturated rings. The highest BCUT2D eigenvalue weighted by Crippen LogP contribution is 2.44. The van der Waals surface area contributed by atoms with Crippen LogP contribution in [0.4, 0.5) is 0 Å². The molecular weight excluding hydrogens is 404 g/mol. The molecule has 0 bridgehead atoms. The molecule has 0 aromatic heterocycles. The molecule has 3 heterocycles. The van der Waals surface area contributed by atoms with Crippen molar-refractivity contribution >= 4 is 11.9 Å². The van der Waals surface area contributed by atoms with Gasteiger partial charge in [0.1, 0.15) is 0 Å². The van der Waals surface area contributed by atoms with Crippen LogP contribution in [0.15, 0.2) is 48.5 Å². The first-order valence-corrected chi connectivity index (χ1v) is 11.5. The highest BCUT2D eigenvalue weighted by Gasteiger charge is 2.52. The van der Waals surface area contributed by atoms with Crippen LogP contribution in [0.25, 0.3) is 0 Å². The number of fused-ring (bicyclic) bond motifs is 1. The van der Waals surface area contributed by atoms with E-state index in [0.29, 0.717) is 38.2 Å². The molecule has 6 heteroatoms. The molecule has 2 aromatic rings. The number of hydrogen-bond donors (Lipinski definition) is 1. The highest BCUT2D eigenvalue weighted by molar-refractivity contribution is 5.95. The Morgan fingerprint density at radius 3 is 2.47 bits per heavy atom. The predicted molar refractivity (Wildman–Crippen MR) is 120 cm³/mol. The minimum absolute atomic E-state index is 0.0712. The normalized spacial score (nSPS) is 22.6. The van der Waals surface area contributed by atoms with Gasteiger partial charge in [0.05, 0.1) is 5.92 Å². The van der Waals surface area contributed by atoms with Crippen LogP contribution >= 0.6 is 0 Å². The van der Waals surface area contributed by atoms with E-state index in [-0.39, 0.29) is 17.9 Å². The van der Waals surface area contributed by atoms with Gasteiger partial charge in [0.2, 0.25) is 0 Å². The fourth-order valence-corrected chi connectivity index (χ4v) is 5.63. The molecule has 1 unspecified atom stereocenters. The Morgan fingerprint density at radius 1 is 1.03 bits per heavy atom. The van der Waals surface area contributed by atoms with Crippen LogP contribution < -0.4 is 0 Å². The molecule has 5 rings (SSSR count). The molecule has 3 aliphatic heterocycles. The third-order valence-corrected chi connectivity index (χ3v) is 7.54. The Labute approximate surface area is 188 Å². The first-order chi connectivity index (χ1) is 15.5. The van der Waals surface area contributed by atoms with E-state index in [1.54, 1.807) is 4.90 Å². The van der Waals surface area contributed by atoms with Gasteiger partial charge in [0.25, 0.3) is 5.91 Å². The summed E-state index contributed by atoms with van der Waals surface area (Å²) < 4.78 is 5.46. The Hall–Kier alpha value is -2.70. The van der Waals surface area contributed by atoms with Crippen molar-refractivity contribution in [3.8, 4) is 0 Å². The molecular formula is C26H30N2O4. The van der Waals surface area contributed by atoms with E-state index >= 15 is 0 Å². The van der Waals surface area contributed by atoms with Crippen molar-refractivity contribution in [3.05, 3.63) is 70.8 Å². The molecule has 0 saturated carbocycles. The van der Waals surface area contributed by atoms with E-state index in [0.717, 1.165) is 26.1 Å². The van der Waals surface area contributed by atoms with Gasteiger partial charge in [-0.25, -0.2) is 0 Å². The lowest BCUT2D eigenvalue weighted by atomic mass is 9.72. The van der Waals surface area contributed by atoms with Gasteiger partial charge in [0.15, 0.2) is 0 Å². The molecule has 2 aromatic carbocycles. The number of rotatable bonds is 4. The number of amides is 1. The molecule has 1 atom stereocenters. The Bertz CT molecular complexity index is 997. The first kappa shape index (κ1) is 21.2. The summed E-state index contributed by atoms with van der Waals surface area (Å²) in [5, 5.41) is 9.77. The largest absolute Gasteiger partial charge is 0.481 e. The Morgan fingerprint density at radius 2 is 1.75 bits per heavy atom. The summed E-state index contributed by atoms with van der Waals surface area (Å²) >= 11 is 0. The van der Waals surface area contributed by atoms with Crippen LogP contribution in [0.3, 0.4) is 0 Å². The van der Waals surface area contributed by atoms with Crippen molar-refractivity contribution in [2.75, 3.05) is 32.8 Å². The van der Waals surface area contributed by atoms with E-state index in [4.69, 9.17) is 4.74 Å². The monoisotopic (exact) mass is 434 g/mol. The van der Waals surface area contributed by atoms with Crippen LogP contribution in [0, 0.1) is 11.3 Å². The van der Waals surface area contributed by atoms with Crippen molar-refractivity contribution < 1.29 is 19.4 Å². The Balaban J connectivity index is 1.24. The number of carboxylic acids is 1. The highest BCUT2D eigenvalue weighted by atomic mass is 16.5. The fourth-order valence-electron chi connectivity index (χ4n) is 5.63. The molecule has 168 valence electrons. The van der Waals surface area contributed by atoms with Crippen LogP contribution in [-0.2, 0) is 29.0 Å². The van der Waals surface area contributed by atoms with Crippen molar-refractivity contribution in [2.45, 2.75) is 32.4 Å². The van der Waals surface area contributed by atoms with Gasteiger partial charge in [-0.1, -0.05) is 36.4 Å². The van der Waals surface area contributed by atoms with E-state index < -0.39 is 11.9 Å². The quantitative estimate of drug-likeness (QED) is 0.800. The second kappa shape index (κ2) is 8.68. The maximum atomic E-state index is 13.2. The minimum atomic E-state index is -0.805. The van der Waals surface area contributed by atoms with Crippen molar-refractivity contribution in [2.24, 2.45) is 11.3 Å². The average molecular weight is 435 g/mol. The second-order valence-corrected chi connectivity index (χ2v) is 9.48. The van der Waals surface area contributed by atoms with Crippen LogP contribution in [0.2, 0.25) is 0 Å². The standard InChI is InChI=1S/C26H30N2O4/c29-24(28-17-23(25(30)31)26(18-28)10-13-32-14-11-26)21-7-5-19(6-8-21)15-27-12-9-20-3-1-2-4-22(20)16-27/h1-8,23H,9-18H2,(H,30,31). The third kappa shape index (κ3) is 4.05. The van der Waals surface area contributed by atoms with Gasteiger partial charge >= 0.3 is 5.97 Å². The predicted octanol–water partition coefficient (Wildman–Crippen LogP) is 3.20. The summed E-state index contributed by atoms with van der Waals surface area (Å²) in [6.07, 6.45) is 2.47. The summed E-state index contributed by atoms with van der Waals surface area (Å²) in [6, 6.07) is 16.5. The molecule has 2 saturated heterocycles. The number of carbonyl (C=O) groups excluding carboxylic acids is 1. The van der Waals surface area contributed by atoms with Crippen molar-refractivity contribution in [1.29, 1.82) is 0 Å². The van der Waals surface area contributed by atoms with Crippen molar-refractivity contribution in [3.63, 3.8) is 0 Å². The first-order valence-electron chi connectivity index (χ1n) is 11.5. The van der Waals surface area contributed by atoms with Gasteiger partial charge in [-0.15, -0.1) is 0 Å². The number of benzene rings is 2. The maximum Gasteiger partial charge on any atom is 0.308 e. The smallest absolute Gasteiger partial charge is 0.308 e. The molecule has 1 amide bonds. The summed E-state index contributed by atoms with van der Waals surface area (Å²) in [5.74, 6) is -1.39. The number of aliphatic carboxylic acids is 1. The molecule has 0 aliphatic carbocycles. The van der Waals surface area contributed by atoms with Gasteiger partial charge in [-0.2, -0.15) is 0 Å². The lowest BCUT2D eigenvalue weighted by Gasteiger charge is -2.36. The summed E-state index contributed by atoms with van der Waals surface area (Å²) in [6.45, 7) is 4.77. The summed E-state index contributed by atoms with van der Waals surface area (Å²) in [5.41, 5.74) is 4.30. The van der Waals surface area contributed by atoms with Gasteiger partial charge in [-0.3, -0.25) is 14.5 Å². The van der Waals surface area contributed by atoms with E-state index in [1.807, 2.05) is 24.3 Å². The minimum Gasteiger partial charge on any atom is -0.481 e. The second-order valence-electron chi connectivity index (χ2n) is 9.48. The van der Waals surface area contributed by atoms with Gasteiger partial charge < -0.3 is 14.7 Å². The van der Waals surface area contributed by atoms with E-state index in [2.05, 4.69) is 29.2 Å². The van der Waals surface area contributed by atoms with Crippen molar-refractivity contribution in [1.82, 2.24) is 9.80 Å². The zero-order chi connectivity index (χ0) is 22.1. The molecule has 1 spiro atoms. The number of hydrogen-bond acceptors (Lipinski definition) is 4. The lowest BCUT2D eigenvalue weighted by Crippen LogP contribution is -2.40. The molecule has 1 N–H and O–H groups in total. The van der Waals surface area contributed by atoms with Gasteiger partial charge in [0, 0.05) is 56.9 Å². The maximum absolute atomic E-state index is 13.2.